The Labute approximate surface area is 525 Å². The lowest BCUT2D eigenvalue weighted by atomic mass is 9.82. The summed E-state index contributed by atoms with van der Waals surface area (Å²) in [6.45, 7) is 11.1. The normalized spacial score (nSPS) is 16.3. The number of para-hydroxylation sites is 1. The molecule has 0 bridgehead atoms. The van der Waals surface area contributed by atoms with Crippen molar-refractivity contribution in [1.29, 1.82) is 0 Å². The molecule has 0 radical (unpaired) electrons. The van der Waals surface area contributed by atoms with Crippen LogP contribution < -0.4 is 33.4 Å². The third kappa shape index (κ3) is 23.6. The van der Waals surface area contributed by atoms with Crippen LogP contribution in [0.15, 0.2) is 121 Å². The number of aromatic nitrogens is 1. The molecule has 0 spiro atoms. The van der Waals surface area contributed by atoms with E-state index < -0.39 is 47.6 Å². The molecule has 2 aliphatic carbocycles. The molecule has 0 N–H and O–H groups in total. The van der Waals surface area contributed by atoms with Crippen LogP contribution in [0.1, 0.15) is 147 Å². The number of ether oxygens (including phenoxy) is 9. The van der Waals surface area contributed by atoms with Crippen LogP contribution >= 0.6 is 11.3 Å². The van der Waals surface area contributed by atoms with Gasteiger partial charge in [0.1, 0.15) is 41.1 Å². The maximum Gasteiger partial charge on any atom is 0.330 e. The van der Waals surface area contributed by atoms with Crippen molar-refractivity contribution in [3.8, 4) is 34.5 Å². The predicted molar refractivity (Wildman–Crippen MR) is 337 cm³/mol. The first kappa shape index (κ1) is 68.1. The number of benzene rings is 4. The van der Waals surface area contributed by atoms with Gasteiger partial charge in [-0.05, 0) is 188 Å². The fourth-order valence-corrected chi connectivity index (χ4v) is 11.1. The lowest BCUT2D eigenvalue weighted by Gasteiger charge is -2.26. The topological polar surface area (TPSA) is 231 Å². The van der Waals surface area contributed by atoms with Gasteiger partial charge in [0.25, 0.3) is 0 Å². The van der Waals surface area contributed by atoms with Crippen LogP contribution in [0.2, 0.25) is 0 Å². The Morgan fingerprint density at radius 2 is 0.966 bits per heavy atom. The van der Waals surface area contributed by atoms with Crippen LogP contribution in [0.3, 0.4) is 0 Å². The zero-order valence-corrected chi connectivity index (χ0v) is 51.8. The van der Waals surface area contributed by atoms with E-state index in [2.05, 4.69) is 20.1 Å². The molecule has 7 rings (SSSR count). The number of fused-ring (bicyclic) bond motifs is 1. The number of rotatable bonds is 37. The summed E-state index contributed by atoms with van der Waals surface area (Å²) in [5, 5.41) is 7.50. The van der Waals surface area contributed by atoms with Crippen LogP contribution in [0.4, 0.5) is 5.13 Å². The molecule has 0 amide bonds. The molecule has 2 aliphatic rings. The molecule has 4 aromatic carbocycles. The van der Waals surface area contributed by atoms with Gasteiger partial charge in [0.05, 0.1) is 73.0 Å². The zero-order valence-electron chi connectivity index (χ0n) is 51.0. The second-order valence-corrected chi connectivity index (χ2v) is 23.1. The molecule has 89 heavy (non-hydrogen) atoms. The van der Waals surface area contributed by atoms with Crippen molar-refractivity contribution in [3.05, 3.63) is 122 Å². The third-order valence-electron chi connectivity index (χ3n) is 15.4. The Bertz CT molecular complexity index is 3090. The van der Waals surface area contributed by atoms with Crippen LogP contribution in [-0.4, -0.2) is 92.6 Å². The number of esters is 7. The first-order chi connectivity index (χ1) is 43.4. The largest absolute Gasteiger partial charge is 0.494 e. The lowest BCUT2D eigenvalue weighted by molar-refractivity contribution is -0.147. The molecule has 0 atom stereocenters. The van der Waals surface area contributed by atoms with Crippen molar-refractivity contribution in [3.63, 3.8) is 0 Å². The van der Waals surface area contributed by atoms with Gasteiger partial charge in [0, 0.05) is 24.3 Å². The molecule has 0 unspecified atom stereocenters. The molecule has 2 saturated carbocycles. The highest BCUT2D eigenvalue weighted by molar-refractivity contribution is 7.22. The Hall–Kier alpha value is -8.39. The number of thiazole rings is 1. The van der Waals surface area contributed by atoms with Gasteiger partial charge in [-0.1, -0.05) is 62.8 Å². The highest BCUT2D eigenvalue weighted by Crippen LogP contribution is 2.36. The first-order valence-corrected chi connectivity index (χ1v) is 32.1. The van der Waals surface area contributed by atoms with Gasteiger partial charge in [0.2, 0.25) is 5.13 Å². The van der Waals surface area contributed by atoms with Gasteiger partial charge >= 0.3 is 41.8 Å². The highest BCUT2D eigenvalue weighted by Gasteiger charge is 2.34. The summed E-state index contributed by atoms with van der Waals surface area (Å²) in [6, 6.07) is 26.6. The van der Waals surface area contributed by atoms with E-state index in [9.17, 15) is 33.6 Å². The van der Waals surface area contributed by atoms with E-state index in [1.807, 2.05) is 29.3 Å². The minimum Gasteiger partial charge on any atom is -0.494 e. The average Bonchev–Trinajstić information content (AvgIpc) is 2.96. The molecule has 19 nitrogen and oxygen atoms in total. The molecule has 0 saturated heterocycles. The SMILES string of the molecule is C=CC(=O)OCCCCCCOc1ccc(OC(=O)C2CCC(C(=O)Oc3ccc(OC(=O)C4CCC(C(=O)Oc5ccc(OCCCCCCOC(=O)CCOC(=O)C=C)cc5)CC4)c(/C=N/N(CCCCCC)c4nc5ccccc5s4)c3)CC2)cc1. The molecule has 20 heteroatoms. The molecule has 0 aliphatic heterocycles. The Balaban J connectivity index is 0.883. The van der Waals surface area contributed by atoms with Crippen LogP contribution in [0.5, 0.6) is 34.5 Å². The minimum atomic E-state index is -0.580. The highest BCUT2D eigenvalue weighted by atomic mass is 32.1. The summed E-state index contributed by atoms with van der Waals surface area (Å²) in [7, 11) is 0. The van der Waals surface area contributed by atoms with Gasteiger partial charge in [-0.3, -0.25) is 24.0 Å². The molecular formula is C69H83N3O16S. The number of hydrazone groups is 1. The van der Waals surface area contributed by atoms with E-state index in [0.29, 0.717) is 124 Å². The second kappa shape index (κ2) is 37.5. The fourth-order valence-electron chi connectivity index (χ4n) is 10.2. The molecule has 1 heterocycles. The molecule has 2 fully saturated rings. The Kier molecular flexibility index (Phi) is 28.7. The predicted octanol–water partition coefficient (Wildman–Crippen LogP) is 13.6. The standard InChI is InChI=1S/C69H83N3O16S/c1-4-7-8-15-41-72(69-71-59-20-13-14-21-61(59)89-69)70-48-53-47-58(87-67(78)51-24-22-49(23-25-51)65(76)85-56-34-30-54(31-35-56)80-42-16-9-11-18-44-82-62(73)5-2)38-39-60(53)88-68(79)52-28-26-50(27-29-52)66(77)86-57-36-32-55(33-37-57)81-43-17-10-12-19-45-83-64(75)40-46-84-63(74)6-3/h5-6,13-14,20-21,30-39,47-52H,2-4,7-12,15-19,22-29,40-46H2,1H3/b70-48+. The number of unbranched alkanes of at least 4 members (excludes halogenated alkanes) is 9. The smallest absolute Gasteiger partial charge is 0.330 e. The number of carbonyl (C=O) groups excluding carboxylic acids is 7. The summed E-state index contributed by atoms with van der Waals surface area (Å²) in [5.41, 5.74) is 1.27. The number of hydrogen-bond acceptors (Lipinski definition) is 20. The first-order valence-electron chi connectivity index (χ1n) is 31.3. The Morgan fingerprint density at radius 1 is 0.517 bits per heavy atom. The van der Waals surface area contributed by atoms with Crippen molar-refractivity contribution in [2.45, 2.75) is 142 Å². The number of nitrogens with zero attached hydrogens (tertiary/aromatic N) is 3. The van der Waals surface area contributed by atoms with Crippen molar-refractivity contribution < 1.29 is 76.2 Å². The summed E-state index contributed by atoms with van der Waals surface area (Å²) in [5.74, 6) is -2.15. The van der Waals surface area contributed by atoms with Gasteiger partial charge < -0.3 is 42.6 Å². The molecular weight excluding hydrogens is 1160 g/mol. The van der Waals surface area contributed by atoms with Gasteiger partial charge in [-0.15, -0.1) is 0 Å². The molecule has 5 aromatic rings. The monoisotopic (exact) mass is 1240 g/mol. The minimum absolute atomic E-state index is 0.00320. The summed E-state index contributed by atoms with van der Waals surface area (Å²) in [6.07, 6.45) is 18.0. The van der Waals surface area contributed by atoms with Gasteiger partial charge in [-0.2, -0.15) is 5.10 Å². The van der Waals surface area contributed by atoms with Crippen molar-refractivity contribution in [2.75, 3.05) is 44.6 Å². The maximum absolute atomic E-state index is 14.0. The van der Waals surface area contributed by atoms with Gasteiger partial charge in [0.15, 0.2) is 0 Å². The summed E-state index contributed by atoms with van der Waals surface area (Å²) >= 11 is 1.53. The van der Waals surface area contributed by atoms with E-state index in [4.69, 9.17) is 52.7 Å². The number of carbonyl (C=O) groups is 7. The summed E-state index contributed by atoms with van der Waals surface area (Å²) in [4.78, 5) is 93.3. The zero-order chi connectivity index (χ0) is 63.0. The Morgan fingerprint density at radius 3 is 1.48 bits per heavy atom. The van der Waals surface area contributed by atoms with E-state index in [-0.39, 0.29) is 42.4 Å². The van der Waals surface area contributed by atoms with Crippen LogP contribution in [0, 0.1) is 23.7 Å². The van der Waals surface area contributed by atoms with E-state index >= 15 is 0 Å². The van der Waals surface area contributed by atoms with Crippen molar-refractivity contribution in [1.82, 2.24) is 4.98 Å². The van der Waals surface area contributed by atoms with E-state index in [1.54, 1.807) is 72.9 Å². The van der Waals surface area contributed by atoms with Crippen molar-refractivity contribution >= 4 is 74.7 Å². The molecule has 476 valence electrons. The maximum atomic E-state index is 14.0. The van der Waals surface area contributed by atoms with E-state index in [0.717, 1.165) is 93.0 Å². The van der Waals surface area contributed by atoms with Crippen molar-refractivity contribution in [2.24, 2.45) is 28.8 Å². The summed E-state index contributed by atoms with van der Waals surface area (Å²) < 4.78 is 51.4. The fraction of sp³-hybridized carbons (Fsp3) is 0.464. The molecule has 1 aromatic heterocycles. The number of anilines is 1. The number of hydrogen-bond donors (Lipinski definition) is 0. The third-order valence-corrected chi connectivity index (χ3v) is 16.4. The van der Waals surface area contributed by atoms with Crippen LogP contribution in [-0.2, 0) is 47.8 Å². The van der Waals surface area contributed by atoms with Gasteiger partial charge in [-0.25, -0.2) is 19.6 Å². The average molecular weight is 1240 g/mol. The quantitative estimate of drug-likeness (QED) is 0.00684. The van der Waals surface area contributed by atoms with E-state index in [1.165, 1.54) is 11.3 Å². The van der Waals surface area contributed by atoms with Crippen LogP contribution in [0.25, 0.3) is 10.2 Å². The second-order valence-electron chi connectivity index (χ2n) is 22.1. The lowest BCUT2D eigenvalue weighted by Crippen LogP contribution is -2.30.